The Balaban J connectivity index is 2.07. The topological polar surface area (TPSA) is 49.1 Å². The zero-order valence-electron chi connectivity index (χ0n) is 12.9. The van der Waals surface area contributed by atoms with Crippen molar-refractivity contribution >= 4 is 0 Å². The van der Waals surface area contributed by atoms with E-state index in [1.165, 1.54) is 0 Å². The van der Waals surface area contributed by atoms with E-state index in [9.17, 15) is 9.18 Å². The third kappa shape index (κ3) is 3.01. The Morgan fingerprint density at radius 2 is 1.96 bits per heavy atom. The maximum absolute atomic E-state index is 12.3. The molecule has 0 aliphatic heterocycles. The van der Waals surface area contributed by atoms with Crippen LogP contribution in [0.2, 0.25) is 0 Å². The van der Waals surface area contributed by atoms with Crippen LogP contribution in [-0.4, -0.2) is 21.2 Å². The van der Waals surface area contributed by atoms with Gasteiger partial charge in [-0.3, -0.25) is 14.0 Å². The Labute approximate surface area is 132 Å². The maximum atomic E-state index is 12.3. The van der Waals surface area contributed by atoms with E-state index in [0.717, 1.165) is 16.7 Å². The number of nitrogens with zero attached hydrogens (tertiary/aromatic N) is 3. The van der Waals surface area contributed by atoms with Gasteiger partial charge >= 0.3 is 0 Å². The molecule has 2 aromatic heterocycles. The summed E-state index contributed by atoms with van der Waals surface area (Å²) in [5, 5.41) is 4.17. The Hall–Kier alpha value is -2.89. The fourth-order valence-electron chi connectivity index (χ4n) is 2.46. The summed E-state index contributed by atoms with van der Waals surface area (Å²) in [6, 6.07) is 8.29. The standard InChI is InChI=1S/C17H16FN3O2/c1-12-7-17(22)21(10-16(12)13-8-19-20(2)9-13)14-3-5-15(6-4-14)23-11-18/h3-10H,11H2,1-2H3. The summed E-state index contributed by atoms with van der Waals surface area (Å²) in [5.74, 6) is 0.420. The van der Waals surface area contributed by atoms with Crippen LogP contribution in [0.3, 0.4) is 0 Å². The van der Waals surface area contributed by atoms with Crippen LogP contribution in [0.5, 0.6) is 5.75 Å². The molecule has 0 N–H and O–H groups in total. The van der Waals surface area contributed by atoms with Crippen LogP contribution in [-0.2, 0) is 7.05 Å². The summed E-state index contributed by atoms with van der Waals surface area (Å²) >= 11 is 0. The number of alkyl halides is 1. The van der Waals surface area contributed by atoms with Gasteiger partial charge in [0.2, 0.25) is 6.86 Å². The number of aromatic nitrogens is 3. The molecule has 0 unspecified atom stereocenters. The number of benzene rings is 1. The summed E-state index contributed by atoms with van der Waals surface area (Å²) in [6.45, 7) is 1.02. The number of pyridine rings is 1. The molecule has 0 fully saturated rings. The smallest absolute Gasteiger partial charge is 0.255 e. The van der Waals surface area contributed by atoms with E-state index in [1.54, 1.807) is 52.0 Å². The van der Waals surface area contributed by atoms with Crippen LogP contribution in [0.15, 0.2) is 53.7 Å². The highest BCUT2D eigenvalue weighted by molar-refractivity contribution is 5.65. The summed E-state index contributed by atoms with van der Waals surface area (Å²) in [7, 11) is 1.85. The molecule has 3 rings (SSSR count). The SMILES string of the molecule is Cc1cc(=O)n(-c2ccc(OCF)cc2)cc1-c1cnn(C)c1. The van der Waals surface area contributed by atoms with E-state index >= 15 is 0 Å². The second kappa shape index (κ2) is 6.08. The van der Waals surface area contributed by atoms with E-state index in [-0.39, 0.29) is 5.56 Å². The van der Waals surface area contributed by atoms with Crippen molar-refractivity contribution in [2.24, 2.45) is 7.05 Å². The first-order valence-corrected chi connectivity index (χ1v) is 7.10. The fraction of sp³-hybridized carbons (Fsp3) is 0.176. The molecule has 0 amide bonds. The van der Waals surface area contributed by atoms with Crippen molar-refractivity contribution in [3.63, 3.8) is 0 Å². The van der Waals surface area contributed by atoms with Gasteiger partial charge in [0.1, 0.15) is 5.75 Å². The first kappa shape index (κ1) is 15.0. The molecule has 0 aliphatic rings. The van der Waals surface area contributed by atoms with Gasteiger partial charge in [0.25, 0.3) is 5.56 Å². The molecule has 2 heterocycles. The average Bonchev–Trinajstić information content (AvgIpc) is 2.95. The monoisotopic (exact) mass is 313 g/mol. The van der Waals surface area contributed by atoms with Crippen LogP contribution in [0.1, 0.15) is 5.56 Å². The summed E-state index contributed by atoms with van der Waals surface area (Å²) in [4.78, 5) is 12.3. The van der Waals surface area contributed by atoms with E-state index in [4.69, 9.17) is 4.74 Å². The zero-order chi connectivity index (χ0) is 16.4. The van der Waals surface area contributed by atoms with E-state index in [0.29, 0.717) is 11.4 Å². The predicted octanol–water partition coefficient (Wildman–Crippen LogP) is 2.85. The summed E-state index contributed by atoms with van der Waals surface area (Å²) < 4.78 is 20.2. The molecule has 0 bridgehead atoms. The summed E-state index contributed by atoms with van der Waals surface area (Å²) in [6.07, 6.45) is 5.45. The molecule has 6 heteroatoms. The lowest BCUT2D eigenvalue weighted by Gasteiger charge is -2.11. The van der Waals surface area contributed by atoms with Crippen LogP contribution >= 0.6 is 0 Å². The second-order valence-electron chi connectivity index (χ2n) is 5.23. The van der Waals surface area contributed by atoms with Gasteiger partial charge in [-0.15, -0.1) is 0 Å². The van der Waals surface area contributed by atoms with Gasteiger partial charge in [0.15, 0.2) is 0 Å². The lowest BCUT2D eigenvalue weighted by Crippen LogP contribution is -2.17. The molecule has 5 nitrogen and oxygen atoms in total. The van der Waals surface area contributed by atoms with Gasteiger partial charge in [-0.1, -0.05) is 0 Å². The molecule has 0 spiro atoms. The lowest BCUT2D eigenvalue weighted by atomic mass is 10.1. The van der Waals surface area contributed by atoms with Crippen LogP contribution in [0, 0.1) is 6.92 Å². The summed E-state index contributed by atoms with van der Waals surface area (Å²) in [5.41, 5.74) is 3.31. The van der Waals surface area contributed by atoms with E-state index in [1.807, 2.05) is 20.2 Å². The quantitative estimate of drug-likeness (QED) is 0.744. The van der Waals surface area contributed by atoms with Crippen molar-refractivity contribution in [3.05, 3.63) is 64.8 Å². The number of hydrogen-bond donors (Lipinski definition) is 0. The molecule has 23 heavy (non-hydrogen) atoms. The number of ether oxygens (including phenoxy) is 1. The minimum absolute atomic E-state index is 0.130. The van der Waals surface area contributed by atoms with Crippen molar-refractivity contribution in [1.29, 1.82) is 0 Å². The van der Waals surface area contributed by atoms with Gasteiger partial charge in [-0.05, 0) is 36.8 Å². The maximum Gasteiger partial charge on any atom is 0.255 e. The Kier molecular flexibility index (Phi) is 3.97. The van der Waals surface area contributed by atoms with Crippen molar-refractivity contribution in [2.45, 2.75) is 6.92 Å². The average molecular weight is 313 g/mol. The molecule has 118 valence electrons. The minimum Gasteiger partial charge on any atom is -0.463 e. The number of rotatable bonds is 4. The first-order valence-electron chi connectivity index (χ1n) is 7.10. The van der Waals surface area contributed by atoms with Crippen molar-refractivity contribution < 1.29 is 9.13 Å². The normalized spacial score (nSPS) is 10.7. The molecule has 0 saturated heterocycles. The van der Waals surface area contributed by atoms with E-state index < -0.39 is 6.86 Å². The highest BCUT2D eigenvalue weighted by Gasteiger charge is 2.09. The molecular weight excluding hydrogens is 297 g/mol. The number of halogens is 1. The molecule has 0 radical (unpaired) electrons. The zero-order valence-corrected chi connectivity index (χ0v) is 12.9. The highest BCUT2D eigenvalue weighted by atomic mass is 19.1. The predicted molar refractivity (Wildman–Crippen MR) is 85.6 cm³/mol. The van der Waals surface area contributed by atoms with Gasteiger partial charge in [0.05, 0.1) is 6.20 Å². The second-order valence-corrected chi connectivity index (χ2v) is 5.23. The van der Waals surface area contributed by atoms with Crippen LogP contribution in [0.4, 0.5) is 4.39 Å². The third-order valence-electron chi connectivity index (χ3n) is 3.61. The first-order chi connectivity index (χ1) is 11.1. The number of hydrogen-bond acceptors (Lipinski definition) is 3. The van der Waals surface area contributed by atoms with E-state index in [2.05, 4.69) is 5.10 Å². The van der Waals surface area contributed by atoms with Crippen LogP contribution in [0.25, 0.3) is 16.8 Å². The third-order valence-corrected chi connectivity index (χ3v) is 3.61. The van der Waals surface area contributed by atoms with Crippen molar-refractivity contribution in [2.75, 3.05) is 6.86 Å². The molecule has 0 saturated carbocycles. The lowest BCUT2D eigenvalue weighted by molar-refractivity contribution is 0.192. The number of aryl methyl sites for hydroxylation is 2. The van der Waals surface area contributed by atoms with Crippen molar-refractivity contribution in [1.82, 2.24) is 14.3 Å². The Morgan fingerprint density at radius 1 is 1.22 bits per heavy atom. The molecule has 0 atom stereocenters. The van der Waals surface area contributed by atoms with Gasteiger partial charge in [0, 0.05) is 42.3 Å². The molecule has 3 aromatic rings. The Morgan fingerprint density at radius 3 is 2.57 bits per heavy atom. The molecule has 1 aromatic carbocycles. The van der Waals surface area contributed by atoms with Gasteiger partial charge in [-0.25, -0.2) is 4.39 Å². The molecule has 0 aliphatic carbocycles. The fourth-order valence-corrected chi connectivity index (χ4v) is 2.46. The molecular formula is C17H16FN3O2. The Bertz CT molecular complexity index is 882. The van der Waals surface area contributed by atoms with Crippen molar-refractivity contribution in [3.8, 4) is 22.6 Å². The van der Waals surface area contributed by atoms with Gasteiger partial charge < -0.3 is 4.74 Å². The minimum atomic E-state index is -0.880. The highest BCUT2D eigenvalue weighted by Crippen LogP contribution is 2.23. The van der Waals surface area contributed by atoms with Gasteiger partial charge in [-0.2, -0.15) is 5.10 Å². The van der Waals surface area contributed by atoms with Crippen LogP contribution < -0.4 is 10.3 Å². The largest absolute Gasteiger partial charge is 0.463 e.